The van der Waals surface area contributed by atoms with Crippen molar-refractivity contribution in [1.29, 1.82) is 0 Å². The minimum Gasteiger partial charge on any atom is -0.356 e. The lowest BCUT2D eigenvalue weighted by atomic mass is 10.1. The maximum atomic E-state index is 12.7. The molecule has 6 rings (SSSR count). The number of carbonyl (C=O) groups excluding carboxylic acids is 1. The van der Waals surface area contributed by atoms with E-state index in [1.165, 1.54) is 30.2 Å². The molecule has 4 aromatic rings. The Bertz CT molecular complexity index is 1410. The summed E-state index contributed by atoms with van der Waals surface area (Å²) in [4.78, 5) is 27.9. The lowest BCUT2D eigenvalue weighted by Gasteiger charge is -2.32. The van der Waals surface area contributed by atoms with Gasteiger partial charge in [0, 0.05) is 53.6 Å². The second kappa shape index (κ2) is 10.8. The Morgan fingerprint density at radius 2 is 1.71 bits per heavy atom. The highest BCUT2D eigenvalue weighted by Crippen LogP contribution is 2.31. The molecule has 10 heteroatoms. The van der Waals surface area contributed by atoms with Gasteiger partial charge in [-0.15, -0.1) is 0 Å². The molecular weight excluding hydrogens is 496 g/mol. The zero-order valence-electron chi connectivity index (χ0n) is 21.3. The van der Waals surface area contributed by atoms with Gasteiger partial charge >= 0.3 is 0 Å². The summed E-state index contributed by atoms with van der Waals surface area (Å²) in [6.07, 6.45) is 2.45. The Balaban J connectivity index is 1.11. The molecule has 2 aromatic heterocycles. The van der Waals surface area contributed by atoms with Crippen LogP contribution in [-0.2, 0) is 6.54 Å². The Kier molecular flexibility index (Phi) is 6.98. The first kappa shape index (κ1) is 24.4. The minimum atomic E-state index is -0.115. The molecule has 4 heterocycles. The summed E-state index contributed by atoms with van der Waals surface area (Å²) in [7, 11) is 0. The highest BCUT2D eigenvalue weighted by Gasteiger charge is 2.19. The van der Waals surface area contributed by atoms with Gasteiger partial charge in [0.25, 0.3) is 5.91 Å². The number of aromatic amines is 1. The van der Waals surface area contributed by atoms with Crippen molar-refractivity contribution in [3.63, 3.8) is 0 Å². The topological polar surface area (TPSA) is 102 Å². The van der Waals surface area contributed by atoms with Crippen LogP contribution >= 0.6 is 11.8 Å². The van der Waals surface area contributed by atoms with Crippen LogP contribution in [0.2, 0.25) is 0 Å². The standard InChI is InChI=1S/C28H30N8OS/c1-19-16-25(34-33-19)30-24-17-26(36-14-3-15-36)32-28(31-24)38-23-10-8-22(9-11-23)29-27(37)21-6-4-20(5-7-21)18-35-12-2-13-35/h4-11,16-17H,2-3,12-15,18H2,1H3,(H,29,37)(H2,30,31,32,33,34). The maximum Gasteiger partial charge on any atom is 0.255 e. The van der Waals surface area contributed by atoms with Crippen molar-refractivity contribution in [2.24, 2.45) is 0 Å². The number of carbonyl (C=O) groups is 1. The molecule has 2 saturated heterocycles. The largest absolute Gasteiger partial charge is 0.356 e. The van der Waals surface area contributed by atoms with Crippen LogP contribution in [0.1, 0.15) is 34.5 Å². The molecule has 2 fully saturated rings. The van der Waals surface area contributed by atoms with Crippen molar-refractivity contribution < 1.29 is 4.79 Å². The lowest BCUT2D eigenvalue weighted by Crippen LogP contribution is -2.37. The summed E-state index contributed by atoms with van der Waals surface area (Å²) in [6.45, 7) is 7.23. The third-order valence-corrected chi connectivity index (χ3v) is 7.60. The molecule has 3 N–H and O–H groups in total. The number of benzene rings is 2. The Morgan fingerprint density at radius 1 is 0.947 bits per heavy atom. The van der Waals surface area contributed by atoms with Gasteiger partial charge in [0.2, 0.25) is 0 Å². The molecule has 38 heavy (non-hydrogen) atoms. The van der Waals surface area contributed by atoms with Gasteiger partial charge in [-0.25, -0.2) is 9.97 Å². The highest BCUT2D eigenvalue weighted by atomic mass is 32.2. The quantitative estimate of drug-likeness (QED) is 0.260. The number of nitrogens with zero attached hydrogens (tertiary/aromatic N) is 5. The van der Waals surface area contributed by atoms with Crippen molar-refractivity contribution in [3.8, 4) is 0 Å². The summed E-state index contributed by atoms with van der Waals surface area (Å²) in [5.74, 6) is 2.22. The molecule has 2 aromatic carbocycles. The predicted octanol–water partition coefficient (Wildman–Crippen LogP) is 5.07. The summed E-state index contributed by atoms with van der Waals surface area (Å²) in [5.41, 5.74) is 3.61. The molecule has 2 aliphatic rings. The lowest BCUT2D eigenvalue weighted by molar-refractivity contribution is 0.102. The first-order chi connectivity index (χ1) is 18.6. The average molecular weight is 527 g/mol. The fraction of sp³-hybridized carbons (Fsp3) is 0.286. The number of aromatic nitrogens is 4. The average Bonchev–Trinajstić information content (AvgIpc) is 3.26. The van der Waals surface area contributed by atoms with E-state index in [1.54, 1.807) is 0 Å². The number of hydrogen-bond donors (Lipinski definition) is 3. The first-order valence-electron chi connectivity index (χ1n) is 12.9. The van der Waals surface area contributed by atoms with Crippen molar-refractivity contribution in [3.05, 3.63) is 77.5 Å². The molecule has 9 nitrogen and oxygen atoms in total. The number of aryl methyl sites for hydroxylation is 1. The number of nitrogens with one attached hydrogen (secondary N) is 3. The van der Waals surface area contributed by atoms with Gasteiger partial charge in [-0.3, -0.25) is 14.8 Å². The van der Waals surface area contributed by atoms with E-state index >= 15 is 0 Å². The third kappa shape index (κ3) is 5.81. The number of rotatable bonds is 9. The Morgan fingerprint density at radius 3 is 2.34 bits per heavy atom. The van der Waals surface area contributed by atoms with Crippen molar-refractivity contribution in [1.82, 2.24) is 25.1 Å². The van der Waals surface area contributed by atoms with Crippen LogP contribution in [0.5, 0.6) is 0 Å². The Labute approximate surface area is 226 Å². The van der Waals surface area contributed by atoms with E-state index < -0.39 is 0 Å². The van der Waals surface area contributed by atoms with Gasteiger partial charge < -0.3 is 15.5 Å². The summed E-state index contributed by atoms with van der Waals surface area (Å²) in [5, 5.41) is 14.1. The minimum absolute atomic E-state index is 0.115. The molecule has 1 amide bonds. The summed E-state index contributed by atoms with van der Waals surface area (Å²) >= 11 is 1.49. The van der Waals surface area contributed by atoms with Gasteiger partial charge in [0.1, 0.15) is 11.6 Å². The van der Waals surface area contributed by atoms with Gasteiger partial charge in [-0.1, -0.05) is 12.1 Å². The van der Waals surface area contributed by atoms with Crippen LogP contribution in [0.15, 0.2) is 70.7 Å². The smallest absolute Gasteiger partial charge is 0.255 e. The van der Waals surface area contributed by atoms with E-state index in [0.717, 1.165) is 60.6 Å². The van der Waals surface area contributed by atoms with Crippen LogP contribution < -0.4 is 15.5 Å². The van der Waals surface area contributed by atoms with Crippen molar-refractivity contribution in [2.75, 3.05) is 41.7 Å². The van der Waals surface area contributed by atoms with Crippen LogP contribution in [0, 0.1) is 6.92 Å². The monoisotopic (exact) mass is 526 g/mol. The van der Waals surface area contributed by atoms with Crippen LogP contribution in [0.4, 0.5) is 23.1 Å². The van der Waals surface area contributed by atoms with E-state index in [2.05, 4.69) is 30.6 Å². The van der Waals surface area contributed by atoms with Gasteiger partial charge in [0.05, 0.1) is 0 Å². The van der Waals surface area contributed by atoms with E-state index in [-0.39, 0.29) is 5.91 Å². The van der Waals surface area contributed by atoms with Gasteiger partial charge in [0.15, 0.2) is 11.0 Å². The normalized spacial score (nSPS) is 15.0. The molecule has 0 unspecified atom stereocenters. The summed E-state index contributed by atoms with van der Waals surface area (Å²) < 4.78 is 0. The number of H-pyrrole nitrogens is 1. The summed E-state index contributed by atoms with van der Waals surface area (Å²) in [6, 6.07) is 19.5. The SMILES string of the molecule is Cc1cc(Nc2cc(N3CCC3)nc(Sc3ccc(NC(=O)c4ccc(CN5CCC5)cc4)cc3)n2)n[nH]1. The molecule has 0 spiro atoms. The van der Waals surface area contributed by atoms with Crippen molar-refractivity contribution >= 4 is 40.8 Å². The second-order valence-electron chi connectivity index (χ2n) is 9.70. The third-order valence-electron chi connectivity index (χ3n) is 6.73. The van der Waals surface area contributed by atoms with Crippen LogP contribution in [-0.4, -0.2) is 57.2 Å². The molecule has 0 aliphatic carbocycles. The van der Waals surface area contributed by atoms with Crippen LogP contribution in [0.25, 0.3) is 0 Å². The molecule has 0 atom stereocenters. The number of amides is 1. The molecule has 0 radical (unpaired) electrons. The zero-order chi connectivity index (χ0) is 25.9. The van der Waals surface area contributed by atoms with Gasteiger partial charge in [-0.2, -0.15) is 5.10 Å². The van der Waals surface area contributed by atoms with E-state index in [9.17, 15) is 4.79 Å². The molecule has 0 saturated carbocycles. The zero-order valence-corrected chi connectivity index (χ0v) is 22.1. The maximum absolute atomic E-state index is 12.7. The first-order valence-corrected chi connectivity index (χ1v) is 13.7. The highest BCUT2D eigenvalue weighted by molar-refractivity contribution is 7.99. The second-order valence-corrected chi connectivity index (χ2v) is 10.7. The van der Waals surface area contributed by atoms with Crippen LogP contribution in [0.3, 0.4) is 0 Å². The number of anilines is 4. The predicted molar refractivity (Wildman–Crippen MR) is 150 cm³/mol. The van der Waals surface area contributed by atoms with E-state index in [4.69, 9.17) is 9.97 Å². The van der Waals surface area contributed by atoms with E-state index in [1.807, 2.05) is 67.6 Å². The number of hydrogen-bond acceptors (Lipinski definition) is 8. The fourth-order valence-corrected chi connectivity index (χ4v) is 5.08. The number of likely N-dealkylation sites (tertiary alicyclic amines) is 1. The van der Waals surface area contributed by atoms with E-state index in [0.29, 0.717) is 16.5 Å². The molecule has 2 aliphatic heterocycles. The molecule has 0 bridgehead atoms. The van der Waals surface area contributed by atoms with Crippen molar-refractivity contribution in [2.45, 2.75) is 36.4 Å². The van der Waals surface area contributed by atoms with Gasteiger partial charge in [-0.05, 0) is 86.6 Å². The Hall–Kier alpha value is -3.89. The fourth-order valence-electron chi connectivity index (χ4n) is 4.32. The molecule has 194 valence electrons. The molecular formula is C28H30N8OS.